The number of carbonyl (C=O) groups is 1. The van der Waals surface area contributed by atoms with Crippen molar-refractivity contribution in [1.29, 1.82) is 5.26 Å². The third kappa shape index (κ3) is 4.54. The molecule has 0 aliphatic carbocycles. The van der Waals surface area contributed by atoms with Crippen molar-refractivity contribution in [3.63, 3.8) is 0 Å². The molecule has 1 aromatic carbocycles. The van der Waals surface area contributed by atoms with Crippen molar-refractivity contribution >= 4 is 11.7 Å². The number of nitriles is 1. The Kier molecular flexibility index (Phi) is 5.24. The molecule has 0 radical (unpaired) electrons. The molecule has 0 bridgehead atoms. The molecule has 1 rings (SSSR count). The van der Waals surface area contributed by atoms with E-state index in [1.165, 1.54) is 0 Å². The first-order valence-corrected chi connectivity index (χ1v) is 5.81. The predicted octanol–water partition coefficient (Wildman–Crippen LogP) is 2.89. The zero-order chi connectivity index (χ0) is 14.4. The Balaban J connectivity index is 2.67. The van der Waals surface area contributed by atoms with Crippen LogP contribution in [-0.4, -0.2) is 17.1 Å². The first kappa shape index (κ1) is 14.9. The minimum atomic E-state index is -0.900. The van der Waals surface area contributed by atoms with Crippen molar-refractivity contribution in [3.8, 4) is 6.07 Å². The molecule has 0 spiro atoms. The molecule has 1 aromatic rings. The molecule has 0 aromatic heterocycles. The average Bonchev–Trinajstić information content (AvgIpc) is 2.33. The normalized spacial score (nSPS) is 11.7. The lowest BCUT2D eigenvalue weighted by atomic mass is 10.1. The molecule has 0 aliphatic heterocycles. The van der Waals surface area contributed by atoms with Crippen molar-refractivity contribution in [2.45, 2.75) is 32.2 Å². The highest BCUT2D eigenvalue weighted by Gasteiger charge is 2.13. The molecule has 1 atom stereocenters. The molecule has 6 heteroatoms. The maximum Gasteiger partial charge on any atom is 0.303 e. The number of benzene rings is 1. The Labute approximate surface area is 109 Å². The van der Waals surface area contributed by atoms with Crippen LogP contribution >= 0.6 is 0 Å². The van der Waals surface area contributed by atoms with E-state index in [1.54, 1.807) is 13.0 Å². The Morgan fingerprint density at radius 3 is 2.53 bits per heavy atom. The molecule has 0 fully saturated rings. The highest BCUT2D eigenvalue weighted by molar-refractivity contribution is 5.66. The van der Waals surface area contributed by atoms with Gasteiger partial charge in [0, 0.05) is 12.5 Å². The number of carboxylic acid groups (broad SMARTS) is 1. The molecular weight excluding hydrogens is 254 g/mol. The Hall–Kier alpha value is -2.16. The summed E-state index contributed by atoms with van der Waals surface area (Å²) >= 11 is 0. The van der Waals surface area contributed by atoms with E-state index in [0.29, 0.717) is 12.8 Å². The zero-order valence-electron chi connectivity index (χ0n) is 10.4. The number of aliphatic carboxylic acids is 1. The van der Waals surface area contributed by atoms with Gasteiger partial charge < -0.3 is 10.4 Å². The highest BCUT2D eigenvalue weighted by atomic mass is 19.1. The van der Waals surface area contributed by atoms with Crippen molar-refractivity contribution in [2.75, 3.05) is 5.32 Å². The van der Waals surface area contributed by atoms with E-state index >= 15 is 0 Å². The van der Waals surface area contributed by atoms with Gasteiger partial charge in [-0.15, -0.1) is 0 Å². The first-order chi connectivity index (χ1) is 8.93. The lowest BCUT2D eigenvalue weighted by molar-refractivity contribution is -0.137. The summed E-state index contributed by atoms with van der Waals surface area (Å²) in [5, 5.41) is 19.7. The Morgan fingerprint density at radius 1 is 1.47 bits per heavy atom. The minimum absolute atomic E-state index is 0.0182. The van der Waals surface area contributed by atoms with Crippen molar-refractivity contribution < 1.29 is 18.7 Å². The summed E-state index contributed by atoms with van der Waals surface area (Å²) in [7, 11) is 0. The molecular formula is C13H14F2N2O2. The van der Waals surface area contributed by atoms with E-state index < -0.39 is 17.6 Å². The summed E-state index contributed by atoms with van der Waals surface area (Å²) < 4.78 is 27.1. The third-order valence-electron chi connectivity index (χ3n) is 2.59. The standard InChI is InChI=1S/C13H14F2N2O2/c1-8(3-2-4-12(18)19)17-13-10(14)5-9(7-16)6-11(13)15/h5-6,8,17H,2-4H2,1H3,(H,18,19). The largest absolute Gasteiger partial charge is 0.481 e. The molecule has 4 nitrogen and oxygen atoms in total. The Morgan fingerprint density at radius 2 is 2.05 bits per heavy atom. The second-order valence-electron chi connectivity index (χ2n) is 4.26. The number of carboxylic acids is 1. The highest BCUT2D eigenvalue weighted by Crippen LogP contribution is 2.22. The zero-order valence-corrected chi connectivity index (χ0v) is 10.4. The van der Waals surface area contributed by atoms with Gasteiger partial charge in [0.25, 0.3) is 0 Å². The maximum absolute atomic E-state index is 13.6. The smallest absolute Gasteiger partial charge is 0.303 e. The van der Waals surface area contributed by atoms with Crippen molar-refractivity contribution in [1.82, 2.24) is 0 Å². The van der Waals surface area contributed by atoms with Crippen LogP contribution in [0.15, 0.2) is 12.1 Å². The fourth-order valence-electron chi connectivity index (χ4n) is 1.65. The molecule has 0 heterocycles. The maximum atomic E-state index is 13.6. The van der Waals surface area contributed by atoms with E-state index in [4.69, 9.17) is 10.4 Å². The lowest BCUT2D eigenvalue weighted by Crippen LogP contribution is -2.17. The average molecular weight is 268 g/mol. The third-order valence-corrected chi connectivity index (χ3v) is 2.59. The quantitative estimate of drug-likeness (QED) is 0.832. The van der Waals surface area contributed by atoms with Crippen LogP contribution in [-0.2, 0) is 4.79 Å². The van der Waals surface area contributed by atoms with E-state index in [2.05, 4.69) is 5.32 Å². The van der Waals surface area contributed by atoms with Crippen LogP contribution in [0.4, 0.5) is 14.5 Å². The van der Waals surface area contributed by atoms with Gasteiger partial charge in [0.1, 0.15) is 5.69 Å². The van der Waals surface area contributed by atoms with Gasteiger partial charge in [-0.2, -0.15) is 5.26 Å². The minimum Gasteiger partial charge on any atom is -0.481 e. The number of hydrogen-bond donors (Lipinski definition) is 2. The topological polar surface area (TPSA) is 73.1 Å². The van der Waals surface area contributed by atoms with Gasteiger partial charge in [-0.25, -0.2) is 8.78 Å². The van der Waals surface area contributed by atoms with E-state index in [0.717, 1.165) is 12.1 Å². The van der Waals surface area contributed by atoms with Crippen LogP contribution in [0.3, 0.4) is 0 Å². The number of nitrogens with one attached hydrogen (secondary N) is 1. The number of halogens is 2. The van der Waals surface area contributed by atoms with Crippen LogP contribution in [0.5, 0.6) is 0 Å². The number of rotatable bonds is 6. The van der Waals surface area contributed by atoms with Gasteiger partial charge in [0.2, 0.25) is 0 Å². The molecule has 102 valence electrons. The van der Waals surface area contributed by atoms with Crippen LogP contribution < -0.4 is 5.32 Å². The van der Waals surface area contributed by atoms with Crippen LogP contribution in [0.25, 0.3) is 0 Å². The second-order valence-corrected chi connectivity index (χ2v) is 4.26. The fourth-order valence-corrected chi connectivity index (χ4v) is 1.65. The number of hydrogen-bond acceptors (Lipinski definition) is 3. The summed E-state index contributed by atoms with van der Waals surface area (Å²) in [6, 6.07) is 3.30. The number of anilines is 1. The molecule has 19 heavy (non-hydrogen) atoms. The molecule has 1 unspecified atom stereocenters. The molecule has 0 saturated carbocycles. The van der Waals surface area contributed by atoms with Crippen LogP contribution in [0.2, 0.25) is 0 Å². The van der Waals surface area contributed by atoms with Crippen LogP contribution in [0.1, 0.15) is 31.7 Å². The summed E-state index contributed by atoms with van der Waals surface area (Å²) in [5.41, 5.74) is -0.374. The summed E-state index contributed by atoms with van der Waals surface area (Å²) in [4.78, 5) is 10.3. The Bertz CT molecular complexity index is 489. The van der Waals surface area contributed by atoms with Crippen molar-refractivity contribution in [2.24, 2.45) is 0 Å². The van der Waals surface area contributed by atoms with E-state index in [-0.39, 0.29) is 23.7 Å². The van der Waals surface area contributed by atoms with Gasteiger partial charge in [-0.1, -0.05) is 0 Å². The van der Waals surface area contributed by atoms with Gasteiger partial charge in [0.15, 0.2) is 11.6 Å². The van der Waals surface area contributed by atoms with E-state index in [1.807, 2.05) is 0 Å². The van der Waals surface area contributed by atoms with Crippen molar-refractivity contribution in [3.05, 3.63) is 29.3 Å². The summed E-state index contributed by atoms with van der Waals surface area (Å²) in [6.07, 6.45) is 0.915. The predicted molar refractivity (Wildman–Crippen MR) is 65.6 cm³/mol. The van der Waals surface area contributed by atoms with Crippen LogP contribution in [0, 0.1) is 23.0 Å². The van der Waals surface area contributed by atoms with Gasteiger partial charge >= 0.3 is 5.97 Å². The SMILES string of the molecule is CC(CCCC(=O)O)Nc1c(F)cc(C#N)cc1F. The number of nitrogens with zero attached hydrogens (tertiary/aromatic N) is 1. The molecule has 0 amide bonds. The fraction of sp³-hybridized carbons (Fsp3) is 0.385. The molecule has 0 aliphatic rings. The first-order valence-electron chi connectivity index (χ1n) is 5.81. The lowest BCUT2D eigenvalue weighted by Gasteiger charge is -2.16. The summed E-state index contributed by atoms with van der Waals surface area (Å²) in [6.45, 7) is 1.71. The second kappa shape index (κ2) is 6.69. The van der Waals surface area contributed by atoms with Gasteiger partial charge in [0.05, 0.1) is 11.6 Å². The van der Waals surface area contributed by atoms with E-state index in [9.17, 15) is 13.6 Å². The van der Waals surface area contributed by atoms with Gasteiger partial charge in [-0.05, 0) is 31.9 Å². The monoisotopic (exact) mass is 268 g/mol. The molecule has 2 N–H and O–H groups in total. The molecule has 0 saturated heterocycles. The summed E-state index contributed by atoms with van der Waals surface area (Å²) in [5.74, 6) is -2.56. The van der Waals surface area contributed by atoms with Gasteiger partial charge in [-0.3, -0.25) is 4.79 Å².